The van der Waals surface area contributed by atoms with Gasteiger partial charge in [-0.25, -0.2) is 9.59 Å². The summed E-state index contributed by atoms with van der Waals surface area (Å²) in [6.07, 6.45) is 1.63. The summed E-state index contributed by atoms with van der Waals surface area (Å²) >= 11 is 0. The van der Waals surface area contributed by atoms with Crippen LogP contribution >= 0.6 is 0 Å². The Bertz CT molecular complexity index is 350. The molecule has 1 fully saturated rings. The molecule has 0 aromatic carbocycles. The zero-order valence-electron chi connectivity index (χ0n) is 10.6. The van der Waals surface area contributed by atoms with Gasteiger partial charge in [0.05, 0.1) is 6.54 Å². The first-order chi connectivity index (χ1) is 8.35. The van der Waals surface area contributed by atoms with E-state index in [1.54, 1.807) is 0 Å². The summed E-state index contributed by atoms with van der Waals surface area (Å²) in [6.45, 7) is 3.46. The van der Waals surface area contributed by atoms with Gasteiger partial charge in [0.15, 0.2) is 0 Å². The van der Waals surface area contributed by atoms with Gasteiger partial charge >= 0.3 is 12.0 Å². The van der Waals surface area contributed by atoms with Crippen molar-refractivity contribution < 1.29 is 19.5 Å². The molecule has 1 aliphatic carbocycles. The Labute approximate surface area is 105 Å². The molecule has 4 N–H and O–H groups in total. The highest BCUT2D eigenvalue weighted by Gasteiger charge is 2.45. The number of amides is 3. The molecule has 0 saturated heterocycles. The first-order valence-electron chi connectivity index (χ1n) is 5.94. The molecule has 1 aliphatic rings. The van der Waals surface area contributed by atoms with Crippen molar-refractivity contribution in [2.45, 2.75) is 44.7 Å². The average molecular weight is 257 g/mol. The molecule has 18 heavy (non-hydrogen) atoms. The van der Waals surface area contributed by atoms with E-state index in [2.05, 4.69) is 16.0 Å². The second-order valence-electron chi connectivity index (χ2n) is 4.77. The van der Waals surface area contributed by atoms with Gasteiger partial charge in [-0.05, 0) is 33.1 Å². The van der Waals surface area contributed by atoms with Crippen LogP contribution < -0.4 is 16.0 Å². The predicted molar refractivity (Wildman–Crippen MR) is 64.0 cm³/mol. The molecule has 0 radical (unpaired) electrons. The number of rotatable bonds is 5. The summed E-state index contributed by atoms with van der Waals surface area (Å²) in [7, 11) is 0. The number of carbonyl (C=O) groups is 3. The van der Waals surface area contributed by atoms with Crippen LogP contribution in [0.4, 0.5) is 4.79 Å². The Kier molecular flexibility index (Phi) is 4.52. The Hall–Kier alpha value is -1.79. The first-order valence-corrected chi connectivity index (χ1v) is 5.94. The van der Waals surface area contributed by atoms with Crippen LogP contribution in [0.3, 0.4) is 0 Å². The van der Waals surface area contributed by atoms with Crippen molar-refractivity contribution in [3.63, 3.8) is 0 Å². The van der Waals surface area contributed by atoms with Crippen LogP contribution in [-0.2, 0) is 9.59 Å². The number of carboxylic acids is 1. The van der Waals surface area contributed by atoms with Gasteiger partial charge in [-0.3, -0.25) is 4.79 Å². The van der Waals surface area contributed by atoms with Crippen LogP contribution in [-0.4, -0.2) is 41.1 Å². The molecule has 0 bridgehead atoms. The molecule has 0 aromatic heterocycles. The standard InChI is InChI=1S/C11H19N3O4/c1-7(2)13-8(15)6-12-10(18)14-11(9(16)17)4-3-5-11/h7H,3-6H2,1-2H3,(H,13,15)(H,16,17)(H2,12,14,18). The average Bonchev–Trinajstić information content (AvgIpc) is 2.19. The highest BCUT2D eigenvalue weighted by atomic mass is 16.4. The van der Waals surface area contributed by atoms with E-state index in [4.69, 9.17) is 5.11 Å². The van der Waals surface area contributed by atoms with Crippen LogP contribution in [0.5, 0.6) is 0 Å². The second kappa shape index (κ2) is 5.70. The van der Waals surface area contributed by atoms with E-state index in [0.717, 1.165) is 6.42 Å². The number of hydrogen-bond donors (Lipinski definition) is 4. The van der Waals surface area contributed by atoms with Gasteiger partial charge in [-0.2, -0.15) is 0 Å². The summed E-state index contributed by atoms with van der Waals surface area (Å²) < 4.78 is 0. The van der Waals surface area contributed by atoms with E-state index in [1.165, 1.54) is 0 Å². The topological polar surface area (TPSA) is 108 Å². The van der Waals surface area contributed by atoms with Crippen LogP contribution in [0, 0.1) is 0 Å². The summed E-state index contributed by atoms with van der Waals surface area (Å²) in [5, 5.41) is 16.4. The summed E-state index contributed by atoms with van der Waals surface area (Å²) in [5.41, 5.74) is -1.15. The van der Waals surface area contributed by atoms with E-state index in [9.17, 15) is 14.4 Å². The van der Waals surface area contributed by atoms with E-state index in [0.29, 0.717) is 12.8 Å². The van der Waals surface area contributed by atoms with Gasteiger partial charge in [0, 0.05) is 6.04 Å². The Morgan fingerprint density at radius 2 is 1.89 bits per heavy atom. The Morgan fingerprint density at radius 1 is 1.28 bits per heavy atom. The van der Waals surface area contributed by atoms with Gasteiger partial charge in [-0.15, -0.1) is 0 Å². The lowest BCUT2D eigenvalue weighted by Gasteiger charge is -2.38. The number of aliphatic carboxylic acids is 1. The molecule has 3 amide bonds. The van der Waals surface area contributed by atoms with Gasteiger partial charge < -0.3 is 21.1 Å². The fraction of sp³-hybridized carbons (Fsp3) is 0.727. The molecule has 1 rings (SSSR count). The zero-order valence-corrected chi connectivity index (χ0v) is 10.6. The maximum Gasteiger partial charge on any atom is 0.329 e. The molecular weight excluding hydrogens is 238 g/mol. The number of carboxylic acid groups (broad SMARTS) is 1. The Morgan fingerprint density at radius 3 is 2.28 bits per heavy atom. The largest absolute Gasteiger partial charge is 0.480 e. The molecular formula is C11H19N3O4. The van der Waals surface area contributed by atoms with Crippen LogP contribution in [0.25, 0.3) is 0 Å². The van der Waals surface area contributed by atoms with Crippen LogP contribution in [0.15, 0.2) is 0 Å². The number of urea groups is 1. The third-order valence-corrected chi connectivity index (χ3v) is 2.83. The molecule has 7 nitrogen and oxygen atoms in total. The van der Waals surface area contributed by atoms with Crippen molar-refractivity contribution in [2.75, 3.05) is 6.54 Å². The summed E-state index contributed by atoms with van der Waals surface area (Å²) in [6, 6.07) is -0.629. The first kappa shape index (κ1) is 14.3. The number of carbonyl (C=O) groups excluding carboxylic acids is 2. The van der Waals surface area contributed by atoms with Gasteiger partial charge in [0.1, 0.15) is 5.54 Å². The summed E-state index contributed by atoms with van der Waals surface area (Å²) in [4.78, 5) is 33.8. The molecule has 0 unspecified atom stereocenters. The fourth-order valence-corrected chi connectivity index (χ4v) is 1.72. The van der Waals surface area contributed by atoms with Gasteiger partial charge in [0.2, 0.25) is 5.91 Å². The normalized spacial score (nSPS) is 16.6. The smallest absolute Gasteiger partial charge is 0.329 e. The maximum absolute atomic E-state index is 11.5. The van der Waals surface area contributed by atoms with Crippen molar-refractivity contribution in [3.05, 3.63) is 0 Å². The minimum absolute atomic E-state index is 0.000597. The van der Waals surface area contributed by atoms with Gasteiger partial charge in [-0.1, -0.05) is 0 Å². The van der Waals surface area contributed by atoms with Crippen molar-refractivity contribution in [2.24, 2.45) is 0 Å². The highest BCUT2D eigenvalue weighted by molar-refractivity contribution is 5.89. The molecule has 0 heterocycles. The molecule has 1 saturated carbocycles. The lowest BCUT2D eigenvalue weighted by Crippen LogP contribution is -2.61. The van der Waals surface area contributed by atoms with Gasteiger partial charge in [0.25, 0.3) is 0 Å². The SMILES string of the molecule is CC(C)NC(=O)CNC(=O)NC1(C(=O)O)CCC1. The molecule has 0 spiro atoms. The second-order valence-corrected chi connectivity index (χ2v) is 4.77. The van der Waals surface area contributed by atoms with E-state index < -0.39 is 17.5 Å². The van der Waals surface area contributed by atoms with Crippen LogP contribution in [0.1, 0.15) is 33.1 Å². The Balaban J connectivity index is 2.33. The van der Waals surface area contributed by atoms with Crippen molar-refractivity contribution in [1.29, 1.82) is 0 Å². The predicted octanol–water partition coefficient (Wildman–Crippen LogP) is -0.182. The van der Waals surface area contributed by atoms with Crippen molar-refractivity contribution in [3.8, 4) is 0 Å². The molecule has 0 aliphatic heterocycles. The molecule has 102 valence electrons. The lowest BCUT2D eigenvalue weighted by molar-refractivity contribution is -0.148. The van der Waals surface area contributed by atoms with E-state index in [-0.39, 0.29) is 18.5 Å². The molecule has 0 aromatic rings. The third-order valence-electron chi connectivity index (χ3n) is 2.83. The summed E-state index contributed by atoms with van der Waals surface area (Å²) in [5.74, 6) is -1.34. The van der Waals surface area contributed by atoms with Crippen molar-refractivity contribution in [1.82, 2.24) is 16.0 Å². The molecule has 7 heteroatoms. The quantitative estimate of drug-likeness (QED) is 0.548. The van der Waals surface area contributed by atoms with Crippen LogP contribution in [0.2, 0.25) is 0 Å². The highest BCUT2D eigenvalue weighted by Crippen LogP contribution is 2.31. The van der Waals surface area contributed by atoms with E-state index >= 15 is 0 Å². The third kappa shape index (κ3) is 3.61. The fourth-order valence-electron chi connectivity index (χ4n) is 1.72. The zero-order chi connectivity index (χ0) is 13.8. The van der Waals surface area contributed by atoms with E-state index in [1.807, 2.05) is 13.8 Å². The molecule has 0 atom stereocenters. The number of hydrogen-bond acceptors (Lipinski definition) is 3. The minimum Gasteiger partial charge on any atom is -0.480 e. The minimum atomic E-state index is -1.15. The lowest BCUT2D eigenvalue weighted by atomic mass is 9.77. The monoisotopic (exact) mass is 257 g/mol. The maximum atomic E-state index is 11.5. The number of nitrogens with one attached hydrogen (secondary N) is 3. The van der Waals surface area contributed by atoms with Crippen molar-refractivity contribution >= 4 is 17.9 Å².